The second-order valence-electron chi connectivity index (χ2n) is 4.01. The van der Waals surface area contributed by atoms with E-state index in [1.54, 1.807) is 0 Å². The van der Waals surface area contributed by atoms with Gasteiger partial charge in [-0.3, -0.25) is 5.41 Å². The summed E-state index contributed by atoms with van der Waals surface area (Å²) in [5.41, 5.74) is 5.68. The molecule has 0 aromatic carbocycles. The number of amidine groups is 1. The molecule has 1 heterocycles. The van der Waals surface area contributed by atoms with E-state index in [9.17, 15) is 0 Å². The summed E-state index contributed by atoms with van der Waals surface area (Å²) in [4.78, 5) is 7.97. The second kappa shape index (κ2) is 6.05. The van der Waals surface area contributed by atoms with Gasteiger partial charge in [-0.25, -0.2) is 9.97 Å². The van der Waals surface area contributed by atoms with Gasteiger partial charge in [0.25, 0.3) is 0 Å². The van der Waals surface area contributed by atoms with Gasteiger partial charge in [0.05, 0.1) is 6.61 Å². The minimum absolute atomic E-state index is 0.119. The first kappa shape index (κ1) is 12.4. The summed E-state index contributed by atoms with van der Waals surface area (Å²) in [7, 11) is 0. The van der Waals surface area contributed by atoms with Crippen molar-refractivity contribution in [2.75, 3.05) is 6.61 Å². The molecule has 1 rings (SSSR count). The fourth-order valence-electron chi connectivity index (χ4n) is 1.28. The largest absolute Gasteiger partial charge is 0.476 e. The second-order valence-corrected chi connectivity index (χ2v) is 4.01. The normalized spacial score (nSPS) is 10.4. The molecule has 16 heavy (non-hydrogen) atoms. The van der Waals surface area contributed by atoms with Crippen LogP contribution in [0.15, 0.2) is 12.4 Å². The van der Waals surface area contributed by atoms with Gasteiger partial charge in [0, 0.05) is 12.4 Å². The Morgan fingerprint density at radius 3 is 2.75 bits per heavy atom. The van der Waals surface area contributed by atoms with Crippen LogP contribution in [0.4, 0.5) is 0 Å². The highest BCUT2D eigenvalue weighted by Crippen LogP contribution is 2.11. The molecule has 1 aromatic heterocycles. The van der Waals surface area contributed by atoms with Gasteiger partial charge in [0.1, 0.15) is 5.84 Å². The van der Waals surface area contributed by atoms with Gasteiger partial charge in [-0.1, -0.05) is 13.8 Å². The molecular weight excluding hydrogens is 204 g/mol. The maximum absolute atomic E-state index is 7.32. The Bertz CT molecular complexity index is 352. The van der Waals surface area contributed by atoms with Crippen LogP contribution in [0.3, 0.4) is 0 Å². The minimum Gasteiger partial charge on any atom is -0.476 e. The summed E-state index contributed by atoms with van der Waals surface area (Å²) in [5.74, 6) is 0.892. The molecule has 0 atom stereocenters. The van der Waals surface area contributed by atoms with E-state index in [1.165, 1.54) is 12.4 Å². The number of nitrogens with one attached hydrogen (secondary N) is 1. The predicted molar refractivity (Wildman–Crippen MR) is 62.6 cm³/mol. The number of rotatable bonds is 6. The van der Waals surface area contributed by atoms with Gasteiger partial charge in [0.15, 0.2) is 5.69 Å². The predicted octanol–water partition coefficient (Wildman–Crippen LogP) is 1.58. The van der Waals surface area contributed by atoms with E-state index in [1.807, 2.05) is 0 Å². The van der Waals surface area contributed by atoms with Gasteiger partial charge in [-0.15, -0.1) is 0 Å². The standard InChI is InChI=1S/C11H18N4O/c1-8(2)4-3-7-16-11-9(10(12)13)14-5-6-15-11/h5-6,8H,3-4,7H2,1-2H3,(H3,12,13). The van der Waals surface area contributed by atoms with Crippen molar-refractivity contribution in [1.29, 1.82) is 5.41 Å². The molecule has 0 aliphatic heterocycles. The molecule has 0 spiro atoms. The van der Waals surface area contributed by atoms with Crippen molar-refractivity contribution in [2.45, 2.75) is 26.7 Å². The Kier molecular flexibility index (Phi) is 4.69. The summed E-state index contributed by atoms with van der Waals surface area (Å²) < 4.78 is 5.45. The summed E-state index contributed by atoms with van der Waals surface area (Å²) in [6, 6.07) is 0. The Balaban J connectivity index is 2.50. The van der Waals surface area contributed by atoms with E-state index >= 15 is 0 Å². The fraction of sp³-hybridized carbons (Fsp3) is 0.545. The van der Waals surface area contributed by atoms with E-state index in [-0.39, 0.29) is 5.84 Å². The first-order valence-electron chi connectivity index (χ1n) is 5.39. The molecule has 3 N–H and O–H groups in total. The number of ether oxygens (including phenoxy) is 1. The van der Waals surface area contributed by atoms with Crippen LogP contribution in [-0.4, -0.2) is 22.4 Å². The Morgan fingerprint density at radius 1 is 1.44 bits per heavy atom. The van der Waals surface area contributed by atoms with Crippen molar-refractivity contribution < 1.29 is 4.74 Å². The molecule has 0 radical (unpaired) electrons. The molecule has 0 aliphatic rings. The van der Waals surface area contributed by atoms with E-state index < -0.39 is 0 Å². The van der Waals surface area contributed by atoms with Crippen molar-refractivity contribution >= 4 is 5.84 Å². The smallest absolute Gasteiger partial charge is 0.243 e. The fourth-order valence-corrected chi connectivity index (χ4v) is 1.28. The SMILES string of the molecule is CC(C)CCCOc1nccnc1C(=N)N. The van der Waals surface area contributed by atoms with Crippen LogP contribution in [-0.2, 0) is 0 Å². The van der Waals surface area contributed by atoms with E-state index in [4.69, 9.17) is 15.9 Å². The lowest BCUT2D eigenvalue weighted by atomic mass is 10.1. The molecule has 1 aromatic rings. The topological polar surface area (TPSA) is 84.9 Å². The van der Waals surface area contributed by atoms with Gasteiger partial charge in [-0.2, -0.15) is 0 Å². The quantitative estimate of drug-likeness (QED) is 0.434. The molecule has 0 unspecified atom stereocenters. The lowest BCUT2D eigenvalue weighted by molar-refractivity contribution is 0.285. The van der Waals surface area contributed by atoms with Crippen molar-refractivity contribution in [2.24, 2.45) is 11.7 Å². The minimum atomic E-state index is -0.119. The Hall–Kier alpha value is -1.65. The molecule has 5 nitrogen and oxygen atoms in total. The summed E-state index contributed by atoms with van der Waals surface area (Å²) in [6.45, 7) is 4.92. The molecule has 0 fully saturated rings. The number of aromatic nitrogens is 2. The third kappa shape index (κ3) is 3.84. The Labute approximate surface area is 95.6 Å². The first-order valence-corrected chi connectivity index (χ1v) is 5.39. The van der Waals surface area contributed by atoms with Crippen molar-refractivity contribution in [3.63, 3.8) is 0 Å². The van der Waals surface area contributed by atoms with Crippen molar-refractivity contribution in [1.82, 2.24) is 9.97 Å². The average Bonchev–Trinajstić information content (AvgIpc) is 2.24. The zero-order chi connectivity index (χ0) is 12.0. The van der Waals surface area contributed by atoms with Crippen LogP contribution in [0.1, 0.15) is 32.4 Å². The highest BCUT2D eigenvalue weighted by atomic mass is 16.5. The van der Waals surface area contributed by atoms with Gasteiger partial charge in [-0.05, 0) is 18.8 Å². The number of nitrogens with two attached hydrogens (primary N) is 1. The lowest BCUT2D eigenvalue weighted by Gasteiger charge is -2.08. The van der Waals surface area contributed by atoms with Crippen LogP contribution in [0.5, 0.6) is 5.88 Å². The van der Waals surface area contributed by atoms with Crippen molar-refractivity contribution in [3.8, 4) is 5.88 Å². The van der Waals surface area contributed by atoms with Gasteiger partial charge in [0.2, 0.25) is 5.88 Å². The molecule has 0 amide bonds. The number of hydrogen-bond donors (Lipinski definition) is 2. The maximum Gasteiger partial charge on any atom is 0.243 e. The third-order valence-corrected chi connectivity index (χ3v) is 2.08. The molecule has 0 saturated carbocycles. The molecule has 5 heteroatoms. The highest BCUT2D eigenvalue weighted by molar-refractivity contribution is 5.94. The number of hydrogen-bond acceptors (Lipinski definition) is 4. The molecular formula is C11H18N4O. The highest BCUT2D eigenvalue weighted by Gasteiger charge is 2.08. The molecule has 88 valence electrons. The van der Waals surface area contributed by atoms with E-state index in [0.717, 1.165) is 12.8 Å². The van der Waals surface area contributed by atoms with Crippen LogP contribution < -0.4 is 10.5 Å². The van der Waals surface area contributed by atoms with Crippen LogP contribution in [0.2, 0.25) is 0 Å². The van der Waals surface area contributed by atoms with E-state index in [0.29, 0.717) is 24.1 Å². The number of nitrogen functional groups attached to an aromatic ring is 1. The molecule has 0 saturated heterocycles. The van der Waals surface area contributed by atoms with Crippen LogP contribution in [0.25, 0.3) is 0 Å². The third-order valence-electron chi connectivity index (χ3n) is 2.08. The zero-order valence-electron chi connectivity index (χ0n) is 9.73. The number of nitrogens with zero attached hydrogens (tertiary/aromatic N) is 2. The van der Waals surface area contributed by atoms with Crippen LogP contribution in [0, 0.1) is 11.3 Å². The maximum atomic E-state index is 7.32. The lowest BCUT2D eigenvalue weighted by Crippen LogP contribution is -2.16. The summed E-state index contributed by atoms with van der Waals surface area (Å²) >= 11 is 0. The van der Waals surface area contributed by atoms with Crippen LogP contribution >= 0.6 is 0 Å². The summed E-state index contributed by atoms with van der Waals surface area (Å²) in [5, 5.41) is 7.32. The Morgan fingerprint density at radius 2 is 2.12 bits per heavy atom. The average molecular weight is 222 g/mol. The molecule has 0 bridgehead atoms. The monoisotopic (exact) mass is 222 g/mol. The van der Waals surface area contributed by atoms with Gasteiger partial charge < -0.3 is 10.5 Å². The first-order chi connectivity index (χ1) is 7.61. The van der Waals surface area contributed by atoms with Crippen molar-refractivity contribution in [3.05, 3.63) is 18.1 Å². The van der Waals surface area contributed by atoms with E-state index in [2.05, 4.69) is 23.8 Å². The summed E-state index contributed by atoms with van der Waals surface area (Å²) in [6.07, 6.45) is 5.10. The zero-order valence-corrected chi connectivity index (χ0v) is 9.73. The van der Waals surface area contributed by atoms with Gasteiger partial charge >= 0.3 is 0 Å². The molecule has 0 aliphatic carbocycles.